The lowest BCUT2D eigenvalue weighted by Crippen LogP contribution is -2.19. The average Bonchev–Trinajstić information content (AvgIpc) is 2.27. The molecule has 0 saturated carbocycles. The minimum atomic E-state index is -0.258. The lowest BCUT2D eigenvalue weighted by molar-refractivity contribution is 0.266. The monoisotopic (exact) mass is 217 g/mol. The van der Waals surface area contributed by atoms with E-state index in [-0.39, 0.29) is 5.24 Å². The van der Waals surface area contributed by atoms with Crippen molar-refractivity contribution < 1.29 is 4.79 Å². The summed E-state index contributed by atoms with van der Waals surface area (Å²) < 4.78 is 0. The predicted octanol–water partition coefficient (Wildman–Crippen LogP) is 3.33. The SMILES string of the molecule is CN(C(=O)S)c1cccc2ccccc12. The summed E-state index contributed by atoms with van der Waals surface area (Å²) >= 11 is 3.82. The molecule has 2 aromatic rings. The summed E-state index contributed by atoms with van der Waals surface area (Å²) in [7, 11) is 1.72. The number of thiol groups is 1. The van der Waals surface area contributed by atoms with Crippen LogP contribution < -0.4 is 4.90 Å². The van der Waals surface area contributed by atoms with Crippen LogP contribution in [-0.4, -0.2) is 12.3 Å². The molecule has 0 heterocycles. The number of carbonyl (C=O) groups excluding carboxylic acids is 1. The second kappa shape index (κ2) is 3.95. The number of carbonyl (C=O) groups is 1. The van der Waals surface area contributed by atoms with Crippen LogP contribution in [-0.2, 0) is 0 Å². The third kappa shape index (κ3) is 1.83. The van der Waals surface area contributed by atoms with Crippen molar-refractivity contribution in [3.8, 4) is 0 Å². The minimum Gasteiger partial charge on any atom is -0.306 e. The Morgan fingerprint density at radius 1 is 1.13 bits per heavy atom. The molecule has 2 nitrogen and oxygen atoms in total. The Morgan fingerprint density at radius 2 is 1.80 bits per heavy atom. The van der Waals surface area contributed by atoms with E-state index < -0.39 is 0 Å². The van der Waals surface area contributed by atoms with Crippen molar-refractivity contribution in [1.82, 2.24) is 0 Å². The van der Waals surface area contributed by atoms with Crippen LogP contribution in [0.5, 0.6) is 0 Å². The number of amides is 1. The Morgan fingerprint density at radius 3 is 2.53 bits per heavy atom. The third-order valence-electron chi connectivity index (χ3n) is 2.41. The molecule has 0 aliphatic rings. The standard InChI is InChI=1S/C12H11NOS/c1-13(12(14)15)11-8-4-6-9-5-2-3-7-10(9)11/h2-8H,1H3,(H,14,15). The van der Waals surface area contributed by atoms with E-state index in [1.165, 1.54) is 4.90 Å². The van der Waals surface area contributed by atoms with E-state index in [1.54, 1.807) is 7.05 Å². The first-order valence-electron chi connectivity index (χ1n) is 4.64. The molecule has 0 N–H and O–H groups in total. The highest BCUT2D eigenvalue weighted by atomic mass is 32.1. The van der Waals surface area contributed by atoms with Crippen molar-refractivity contribution in [3.05, 3.63) is 42.5 Å². The van der Waals surface area contributed by atoms with Gasteiger partial charge in [0.25, 0.3) is 5.24 Å². The Hall–Kier alpha value is -1.48. The number of anilines is 1. The maximum atomic E-state index is 11.2. The number of hydrogen-bond acceptors (Lipinski definition) is 1. The summed E-state index contributed by atoms with van der Waals surface area (Å²) in [5, 5.41) is 1.92. The summed E-state index contributed by atoms with van der Waals surface area (Å²) in [6, 6.07) is 13.8. The van der Waals surface area contributed by atoms with Crippen molar-refractivity contribution in [1.29, 1.82) is 0 Å². The summed E-state index contributed by atoms with van der Waals surface area (Å²) in [6.45, 7) is 0. The van der Waals surface area contributed by atoms with Crippen LogP contribution in [0.4, 0.5) is 10.5 Å². The Kier molecular flexibility index (Phi) is 2.64. The van der Waals surface area contributed by atoms with E-state index in [2.05, 4.69) is 12.6 Å². The van der Waals surface area contributed by atoms with Gasteiger partial charge in [-0.1, -0.05) is 49.0 Å². The molecule has 0 aliphatic carbocycles. The number of nitrogens with zero attached hydrogens (tertiary/aromatic N) is 1. The fourth-order valence-electron chi connectivity index (χ4n) is 1.60. The molecule has 0 aromatic heterocycles. The van der Waals surface area contributed by atoms with Gasteiger partial charge in [-0.25, -0.2) is 0 Å². The molecule has 0 bridgehead atoms. The van der Waals surface area contributed by atoms with Crippen LogP contribution >= 0.6 is 12.6 Å². The quantitative estimate of drug-likeness (QED) is 0.726. The summed E-state index contributed by atoms with van der Waals surface area (Å²) in [6.07, 6.45) is 0. The van der Waals surface area contributed by atoms with Crippen LogP contribution in [0.2, 0.25) is 0 Å². The van der Waals surface area contributed by atoms with Crippen molar-refractivity contribution in [2.45, 2.75) is 0 Å². The third-order valence-corrected chi connectivity index (χ3v) is 2.71. The Bertz CT molecular complexity index is 504. The van der Waals surface area contributed by atoms with E-state index in [4.69, 9.17) is 0 Å². The van der Waals surface area contributed by atoms with E-state index >= 15 is 0 Å². The van der Waals surface area contributed by atoms with Gasteiger partial charge in [0.15, 0.2) is 0 Å². The van der Waals surface area contributed by atoms with Crippen LogP contribution in [0, 0.1) is 0 Å². The van der Waals surface area contributed by atoms with E-state index in [9.17, 15) is 4.79 Å². The molecular formula is C12H11NOS. The highest BCUT2D eigenvalue weighted by Crippen LogP contribution is 2.26. The van der Waals surface area contributed by atoms with Gasteiger partial charge in [0, 0.05) is 12.4 Å². The second-order valence-electron chi connectivity index (χ2n) is 3.34. The molecule has 0 radical (unpaired) electrons. The zero-order chi connectivity index (χ0) is 10.8. The maximum Gasteiger partial charge on any atom is 0.282 e. The Labute approximate surface area is 93.9 Å². The van der Waals surface area contributed by atoms with Crippen molar-refractivity contribution in [2.24, 2.45) is 0 Å². The largest absolute Gasteiger partial charge is 0.306 e. The Balaban J connectivity index is 2.65. The normalized spacial score (nSPS) is 10.3. The van der Waals surface area contributed by atoms with Crippen LogP contribution in [0.3, 0.4) is 0 Å². The molecule has 15 heavy (non-hydrogen) atoms. The van der Waals surface area contributed by atoms with Gasteiger partial charge in [0.05, 0.1) is 5.69 Å². The molecular weight excluding hydrogens is 206 g/mol. The van der Waals surface area contributed by atoms with Crippen molar-refractivity contribution >= 4 is 34.3 Å². The van der Waals surface area contributed by atoms with Gasteiger partial charge in [0.2, 0.25) is 0 Å². The average molecular weight is 217 g/mol. The zero-order valence-electron chi connectivity index (χ0n) is 8.34. The lowest BCUT2D eigenvalue weighted by atomic mass is 10.1. The smallest absolute Gasteiger partial charge is 0.282 e. The van der Waals surface area contributed by atoms with Crippen molar-refractivity contribution in [2.75, 3.05) is 11.9 Å². The van der Waals surface area contributed by atoms with E-state index in [0.29, 0.717) is 0 Å². The van der Waals surface area contributed by atoms with Gasteiger partial charge in [-0.15, -0.1) is 0 Å². The maximum absolute atomic E-state index is 11.2. The first kappa shape index (κ1) is 10.1. The minimum absolute atomic E-state index is 0.258. The predicted molar refractivity (Wildman–Crippen MR) is 66.7 cm³/mol. The number of benzene rings is 2. The molecule has 0 saturated heterocycles. The highest BCUT2D eigenvalue weighted by molar-refractivity contribution is 7.96. The molecule has 0 fully saturated rings. The molecule has 1 amide bonds. The van der Waals surface area contributed by atoms with Gasteiger partial charge in [-0.3, -0.25) is 4.79 Å². The van der Waals surface area contributed by atoms with Crippen LogP contribution in [0.15, 0.2) is 42.5 Å². The molecule has 2 aromatic carbocycles. The summed E-state index contributed by atoms with van der Waals surface area (Å²) in [4.78, 5) is 12.7. The topological polar surface area (TPSA) is 20.3 Å². The molecule has 0 atom stereocenters. The van der Waals surface area contributed by atoms with Gasteiger partial charge >= 0.3 is 0 Å². The lowest BCUT2D eigenvalue weighted by Gasteiger charge is -2.16. The fourth-order valence-corrected chi connectivity index (χ4v) is 1.71. The molecule has 0 unspecified atom stereocenters. The molecule has 3 heteroatoms. The molecule has 0 aliphatic heterocycles. The number of rotatable bonds is 1. The van der Waals surface area contributed by atoms with Crippen LogP contribution in [0.25, 0.3) is 10.8 Å². The first-order chi connectivity index (χ1) is 7.20. The number of hydrogen-bond donors (Lipinski definition) is 1. The number of fused-ring (bicyclic) bond motifs is 1. The molecule has 0 spiro atoms. The summed E-state index contributed by atoms with van der Waals surface area (Å²) in [5.41, 5.74) is 0.883. The highest BCUT2D eigenvalue weighted by Gasteiger charge is 2.08. The van der Waals surface area contributed by atoms with Crippen molar-refractivity contribution in [3.63, 3.8) is 0 Å². The molecule has 2 rings (SSSR count). The first-order valence-corrected chi connectivity index (χ1v) is 5.09. The van der Waals surface area contributed by atoms with Gasteiger partial charge in [0.1, 0.15) is 0 Å². The fraction of sp³-hybridized carbons (Fsp3) is 0.0833. The zero-order valence-corrected chi connectivity index (χ0v) is 9.24. The van der Waals surface area contributed by atoms with Gasteiger partial charge in [-0.05, 0) is 11.5 Å². The van der Waals surface area contributed by atoms with Gasteiger partial charge in [-0.2, -0.15) is 0 Å². The van der Waals surface area contributed by atoms with Crippen LogP contribution in [0.1, 0.15) is 0 Å². The molecule has 76 valence electrons. The second-order valence-corrected chi connectivity index (χ2v) is 3.72. The summed E-state index contributed by atoms with van der Waals surface area (Å²) in [5.74, 6) is 0. The van der Waals surface area contributed by atoms with Gasteiger partial charge < -0.3 is 4.90 Å². The van der Waals surface area contributed by atoms with E-state index in [1.807, 2.05) is 42.5 Å². The van der Waals surface area contributed by atoms with E-state index in [0.717, 1.165) is 16.5 Å².